The lowest BCUT2D eigenvalue weighted by molar-refractivity contribution is -0.137. The second-order valence-electron chi connectivity index (χ2n) is 4.02. The van der Waals surface area contributed by atoms with Crippen molar-refractivity contribution in [3.8, 4) is 0 Å². The highest BCUT2D eigenvalue weighted by Gasteiger charge is 2.32. The smallest absolute Gasteiger partial charge is 0.304 e. The van der Waals surface area contributed by atoms with Crippen molar-refractivity contribution in [2.75, 3.05) is 38.2 Å². The first kappa shape index (κ1) is 15.3. The number of hydrogen-bond acceptors (Lipinski definition) is 5. The van der Waals surface area contributed by atoms with Gasteiger partial charge in [-0.15, -0.1) is 0 Å². The van der Waals surface area contributed by atoms with Gasteiger partial charge in [-0.1, -0.05) is 0 Å². The summed E-state index contributed by atoms with van der Waals surface area (Å²) >= 11 is 0. The van der Waals surface area contributed by atoms with Gasteiger partial charge in [0.15, 0.2) is 9.84 Å². The van der Waals surface area contributed by atoms with Crippen LogP contribution in [0.15, 0.2) is 0 Å². The molecule has 0 aromatic heterocycles. The molecule has 0 aromatic carbocycles. The van der Waals surface area contributed by atoms with Gasteiger partial charge < -0.3 is 5.11 Å². The molecule has 10 heteroatoms. The van der Waals surface area contributed by atoms with Crippen LogP contribution in [0.4, 0.5) is 0 Å². The average molecular weight is 300 g/mol. The molecule has 1 fully saturated rings. The first-order valence-electron chi connectivity index (χ1n) is 5.29. The normalized spacial score (nSPS) is 21.0. The lowest BCUT2D eigenvalue weighted by Crippen LogP contribution is -2.49. The third-order valence-electron chi connectivity index (χ3n) is 2.66. The van der Waals surface area contributed by atoms with E-state index in [0.717, 1.165) is 8.61 Å². The Morgan fingerprint density at radius 3 is 2.28 bits per heavy atom. The van der Waals surface area contributed by atoms with Gasteiger partial charge in [0.25, 0.3) is 10.2 Å². The third kappa shape index (κ3) is 3.90. The molecule has 1 aliphatic heterocycles. The zero-order valence-electron chi connectivity index (χ0n) is 9.94. The topological polar surface area (TPSA) is 112 Å². The SMILES string of the molecule is CN(CCC(=O)O)S(=O)(=O)N1CCS(=O)(=O)CC1. The summed E-state index contributed by atoms with van der Waals surface area (Å²) in [6.07, 6.45) is -0.290. The minimum Gasteiger partial charge on any atom is -0.481 e. The zero-order valence-corrected chi connectivity index (χ0v) is 11.6. The molecule has 0 bridgehead atoms. The molecule has 0 aromatic rings. The quantitative estimate of drug-likeness (QED) is 0.652. The fourth-order valence-electron chi connectivity index (χ4n) is 1.49. The minimum absolute atomic E-state index is 0.0813. The van der Waals surface area contributed by atoms with Crippen LogP contribution in [-0.4, -0.2) is 74.7 Å². The highest BCUT2D eigenvalue weighted by Crippen LogP contribution is 2.12. The number of carbonyl (C=O) groups is 1. The molecule has 1 rings (SSSR count). The fourth-order valence-corrected chi connectivity index (χ4v) is 4.28. The summed E-state index contributed by atoms with van der Waals surface area (Å²) < 4.78 is 48.3. The van der Waals surface area contributed by atoms with Gasteiger partial charge in [-0.2, -0.15) is 17.0 Å². The number of nitrogens with zero attached hydrogens (tertiary/aromatic N) is 2. The number of carboxylic acids is 1. The van der Waals surface area contributed by atoms with Crippen LogP contribution >= 0.6 is 0 Å². The second-order valence-corrected chi connectivity index (χ2v) is 8.36. The molecule has 0 atom stereocenters. The van der Waals surface area contributed by atoms with Crippen molar-refractivity contribution in [2.45, 2.75) is 6.42 Å². The van der Waals surface area contributed by atoms with Gasteiger partial charge in [0.1, 0.15) is 0 Å². The standard InChI is InChI=1S/C8H16N2O6S2/c1-9(3-2-8(11)12)18(15,16)10-4-6-17(13,14)7-5-10/h2-7H2,1H3,(H,11,12). The Kier molecular flexibility index (Phi) is 4.70. The van der Waals surface area contributed by atoms with Gasteiger partial charge in [0.05, 0.1) is 17.9 Å². The zero-order chi connectivity index (χ0) is 14.0. The number of carboxylic acid groups (broad SMARTS) is 1. The van der Waals surface area contributed by atoms with E-state index in [-0.39, 0.29) is 37.6 Å². The molecule has 106 valence electrons. The molecule has 1 saturated heterocycles. The molecule has 0 unspecified atom stereocenters. The van der Waals surface area contributed by atoms with Crippen molar-refractivity contribution < 1.29 is 26.7 Å². The van der Waals surface area contributed by atoms with E-state index in [1.54, 1.807) is 0 Å². The maximum absolute atomic E-state index is 12.0. The lowest BCUT2D eigenvalue weighted by Gasteiger charge is -2.29. The molecular formula is C8H16N2O6S2. The monoisotopic (exact) mass is 300 g/mol. The molecule has 0 spiro atoms. The van der Waals surface area contributed by atoms with Gasteiger partial charge in [-0.25, -0.2) is 8.42 Å². The van der Waals surface area contributed by atoms with Crippen molar-refractivity contribution in [3.05, 3.63) is 0 Å². The van der Waals surface area contributed by atoms with Crippen LogP contribution in [0.3, 0.4) is 0 Å². The Balaban J connectivity index is 2.67. The van der Waals surface area contributed by atoms with Crippen molar-refractivity contribution in [2.24, 2.45) is 0 Å². The summed E-state index contributed by atoms with van der Waals surface area (Å²) in [5, 5.41) is 8.49. The Labute approximate surface area is 106 Å². The van der Waals surface area contributed by atoms with E-state index in [4.69, 9.17) is 5.11 Å². The molecule has 1 aliphatic rings. The first-order valence-corrected chi connectivity index (χ1v) is 8.50. The largest absolute Gasteiger partial charge is 0.481 e. The number of sulfone groups is 1. The Hall–Kier alpha value is -0.710. The molecule has 0 radical (unpaired) electrons. The summed E-state index contributed by atoms with van der Waals surface area (Å²) in [5.41, 5.74) is 0. The van der Waals surface area contributed by atoms with E-state index in [1.165, 1.54) is 7.05 Å². The van der Waals surface area contributed by atoms with Gasteiger partial charge in [0, 0.05) is 26.7 Å². The van der Waals surface area contributed by atoms with E-state index in [9.17, 15) is 21.6 Å². The lowest BCUT2D eigenvalue weighted by atomic mass is 10.4. The van der Waals surface area contributed by atoms with Crippen molar-refractivity contribution in [1.29, 1.82) is 0 Å². The summed E-state index contributed by atoms with van der Waals surface area (Å²) in [7, 11) is -5.64. The average Bonchev–Trinajstić information content (AvgIpc) is 2.25. The minimum atomic E-state index is -3.77. The summed E-state index contributed by atoms with van der Waals surface area (Å²) in [4.78, 5) is 10.4. The van der Waals surface area contributed by atoms with Crippen LogP contribution < -0.4 is 0 Å². The van der Waals surface area contributed by atoms with E-state index < -0.39 is 26.0 Å². The van der Waals surface area contributed by atoms with E-state index in [1.807, 2.05) is 0 Å². The Morgan fingerprint density at radius 2 is 1.83 bits per heavy atom. The Bertz CT molecular complexity index is 498. The van der Waals surface area contributed by atoms with Crippen LogP contribution in [-0.2, 0) is 24.8 Å². The van der Waals surface area contributed by atoms with Crippen molar-refractivity contribution >= 4 is 26.0 Å². The van der Waals surface area contributed by atoms with Gasteiger partial charge in [-0.05, 0) is 0 Å². The van der Waals surface area contributed by atoms with Crippen LogP contribution in [0.5, 0.6) is 0 Å². The molecule has 0 aliphatic carbocycles. The first-order chi connectivity index (χ1) is 8.15. The van der Waals surface area contributed by atoms with E-state index in [2.05, 4.69) is 0 Å². The van der Waals surface area contributed by atoms with Crippen LogP contribution in [0, 0.1) is 0 Å². The number of aliphatic carboxylic acids is 1. The molecular weight excluding hydrogens is 284 g/mol. The van der Waals surface area contributed by atoms with Crippen LogP contribution in [0.1, 0.15) is 6.42 Å². The van der Waals surface area contributed by atoms with Gasteiger partial charge in [0.2, 0.25) is 0 Å². The summed E-state index contributed by atoms with van der Waals surface area (Å²) in [6.45, 7) is -0.301. The van der Waals surface area contributed by atoms with Crippen LogP contribution in [0.25, 0.3) is 0 Å². The number of hydrogen-bond donors (Lipinski definition) is 1. The fraction of sp³-hybridized carbons (Fsp3) is 0.875. The highest BCUT2D eigenvalue weighted by atomic mass is 32.2. The molecule has 1 heterocycles. The highest BCUT2D eigenvalue weighted by molar-refractivity contribution is 7.91. The molecule has 0 amide bonds. The molecule has 1 N–H and O–H groups in total. The second kappa shape index (κ2) is 5.51. The number of rotatable bonds is 5. The summed E-state index contributed by atoms with van der Waals surface area (Å²) in [6, 6.07) is 0. The maximum atomic E-state index is 12.0. The van der Waals surface area contributed by atoms with E-state index >= 15 is 0 Å². The summed E-state index contributed by atoms with van der Waals surface area (Å²) in [5.74, 6) is -1.48. The van der Waals surface area contributed by atoms with Gasteiger partial charge in [-0.3, -0.25) is 4.79 Å². The van der Waals surface area contributed by atoms with Crippen molar-refractivity contribution in [3.63, 3.8) is 0 Å². The van der Waals surface area contributed by atoms with Crippen LogP contribution in [0.2, 0.25) is 0 Å². The van der Waals surface area contributed by atoms with E-state index in [0.29, 0.717) is 0 Å². The maximum Gasteiger partial charge on any atom is 0.304 e. The molecule has 18 heavy (non-hydrogen) atoms. The predicted octanol–water partition coefficient (Wildman–Crippen LogP) is -1.63. The van der Waals surface area contributed by atoms with Crippen molar-refractivity contribution in [1.82, 2.24) is 8.61 Å². The Morgan fingerprint density at radius 1 is 1.33 bits per heavy atom. The molecule has 0 saturated carbocycles. The van der Waals surface area contributed by atoms with Gasteiger partial charge >= 0.3 is 5.97 Å². The molecule has 8 nitrogen and oxygen atoms in total. The predicted molar refractivity (Wildman–Crippen MR) is 64.0 cm³/mol. The third-order valence-corrected chi connectivity index (χ3v) is 6.26.